The molecule has 2 aromatic rings. The number of benzene rings is 2. The van der Waals surface area contributed by atoms with E-state index in [9.17, 15) is 13.2 Å². The van der Waals surface area contributed by atoms with Gasteiger partial charge >= 0.3 is 0 Å². The molecular weight excluding hydrogens is 364 g/mol. The van der Waals surface area contributed by atoms with Gasteiger partial charge in [0.15, 0.2) is 6.61 Å². The van der Waals surface area contributed by atoms with Crippen LogP contribution in [0.5, 0.6) is 5.75 Å². The fourth-order valence-electron chi connectivity index (χ4n) is 1.87. The summed E-state index contributed by atoms with van der Waals surface area (Å²) >= 11 is 6.06. The number of nitrogens with one attached hydrogen (secondary N) is 2. The molecule has 25 heavy (non-hydrogen) atoms. The lowest BCUT2D eigenvalue weighted by atomic mass is 10.3. The molecule has 0 radical (unpaired) electrons. The Hall–Kier alpha value is -2.51. The first-order valence-electron chi connectivity index (χ1n) is 7.30. The van der Waals surface area contributed by atoms with Gasteiger partial charge < -0.3 is 10.1 Å². The van der Waals surface area contributed by atoms with E-state index in [1.54, 1.807) is 36.4 Å². The molecule has 0 bridgehead atoms. The van der Waals surface area contributed by atoms with Crippen molar-refractivity contribution < 1.29 is 17.9 Å². The predicted octanol–water partition coefficient (Wildman–Crippen LogP) is 2.82. The molecule has 0 aromatic heterocycles. The van der Waals surface area contributed by atoms with Crippen molar-refractivity contribution in [2.45, 2.75) is 4.90 Å². The summed E-state index contributed by atoms with van der Waals surface area (Å²) in [6.07, 6.45) is 1.55. The number of hydrogen-bond donors (Lipinski definition) is 2. The molecule has 0 saturated heterocycles. The van der Waals surface area contributed by atoms with Crippen molar-refractivity contribution >= 4 is 33.2 Å². The van der Waals surface area contributed by atoms with Crippen molar-refractivity contribution in [2.75, 3.05) is 17.9 Å². The van der Waals surface area contributed by atoms with E-state index in [0.717, 1.165) is 0 Å². The molecule has 0 heterocycles. The zero-order valence-electron chi connectivity index (χ0n) is 13.2. The zero-order valence-corrected chi connectivity index (χ0v) is 14.8. The first-order valence-corrected chi connectivity index (χ1v) is 9.16. The molecule has 0 aliphatic carbocycles. The molecule has 0 aliphatic rings. The number of sulfonamides is 1. The molecule has 0 unspecified atom stereocenters. The second-order valence-corrected chi connectivity index (χ2v) is 7.03. The number of ether oxygens (including phenoxy) is 1. The Balaban J connectivity index is 2.07. The van der Waals surface area contributed by atoms with Crippen LogP contribution in [0.2, 0.25) is 5.02 Å². The van der Waals surface area contributed by atoms with Crippen LogP contribution in [0.1, 0.15) is 0 Å². The van der Waals surface area contributed by atoms with Crippen LogP contribution in [0.3, 0.4) is 0 Å². The van der Waals surface area contributed by atoms with E-state index in [1.807, 2.05) is 0 Å². The summed E-state index contributed by atoms with van der Waals surface area (Å²) in [7, 11) is -3.78. The third-order valence-electron chi connectivity index (χ3n) is 3.04. The lowest BCUT2D eigenvalue weighted by Crippen LogP contribution is -2.28. The summed E-state index contributed by atoms with van der Waals surface area (Å²) in [5.41, 5.74) is 0.442. The average Bonchev–Trinajstić information content (AvgIpc) is 2.59. The van der Waals surface area contributed by atoms with Gasteiger partial charge in [0.2, 0.25) is 0 Å². The van der Waals surface area contributed by atoms with Gasteiger partial charge in [0.1, 0.15) is 5.75 Å². The maximum Gasteiger partial charge on any atom is 0.261 e. The lowest BCUT2D eigenvalue weighted by molar-refractivity contribution is -0.122. The topological polar surface area (TPSA) is 84.5 Å². The van der Waals surface area contributed by atoms with Crippen LogP contribution in [0.25, 0.3) is 0 Å². The standard InChI is InChI=1S/C17H17ClN2O4S/c1-2-10-19-17(21)12-24-16-9-8-14(11-15(16)18)25(22,23)20-13-6-4-3-5-7-13/h2-9,11,20H,1,10,12H2,(H,19,21). The van der Waals surface area contributed by atoms with E-state index < -0.39 is 10.0 Å². The van der Waals surface area contributed by atoms with Crippen LogP contribution >= 0.6 is 11.6 Å². The molecule has 0 atom stereocenters. The molecule has 1 amide bonds. The summed E-state index contributed by atoms with van der Waals surface area (Å²) in [6.45, 7) is 3.59. The minimum absolute atomic E-state index is 0.00943. The Kier molecular flexibility index (Phi) is 6.44. The molecular formula is C17H17ClN2O4S. The number of carbonyl (C=O) groups is 1. The highest BCUT2D eigenvalue weighted by molar-refractivity contribution is 7.92. The van der Waals surface area contributed by atoms with Gasteiger partial charge in [-0.05, 0) is 30.3 Å². The molecule has 0 spiro atoms. The molecule has 2 N–H and O–H groups in total. The second kappa shape index (κ2) is 8.55. The van der Waals surface area contributed by atoms with Gasteiger partial charge in [-0.15, -0.1) is 6.58 Å². The maximum absolute atomic E-state index is 12.4. The van der Waals surface area contributed by atoms with Crippen molar-refractivity contribution in [1.82, 2.24) is 5.32 Å². The van der Waals surface area contributed by atoms with Gasteiger partial charge in [-0.1, -0.05) is 35.9 Å². The quantitative estimate of drug-likeness (QED) is 0.690. The lowest BCUT2D eigenvalue weighted by Gasteiger charge is -2.11. The first kappa shape index (κ1) is 18.8. The number of halogens is 1. The fraction of sp³-hybridized carbons (Fsp3) is 0.118. The van der Waals surface area contributed by atoms with Gasteiger partial charge in [-0.25, -0.2) is 8.42 Å². The molecule has 2 aromatic carbocycles. The van der Waals surface area contributed by atoms with Crippen LogP contribution < -0.4 is 14.8 Å². The molecule has 132 valence electrons. The number of rotatable bonds is 8. The minimum Gasteiger partial charge on any atom is -0.482 e. The number of para-hydroxylation sites is 1. The predicted molar refractivity (Wildman–Crippen MR) is 97.4 cm³/mol. The molecule has 0 aliphatic heterocycles. The molecule has 0 fully saturated rings. The Morgan fingerprint density at radius 1 is 1.20 bits per heavy atom. The maximum atomic E-state index is 12.4. The summed E-state index contributed by atoms with van der Waals surface area (Å²) in [5.74, 6) is -0.118. The molecule has 0 saturated carbocycles. The highest BCUT2D eigenvalue weighted by Crippen LogP contribution is 2.28. The third kappa shape index (κ3) is 5.51. The summed E-state index contributed by atoms with van der Waals surface area (Å²) < 4.78 is 32.5. The monoisotopic (exact) mass is 380 g/mol. The number of hydrogen-bond acceptors (Lipinski definition) is 4. The van der Waals surface area contributed by atoms with E-state index in [0.29, 0.717) is 12.2 Å². The Labute approximate surface area is 151 Å². The van der Waals surface area contributed by atoms with Gasteiger partial charge in [0.25, 0.3) is 15.9 Å². The second-order valence-electron chi connectivity index (χ2n) is 4.95. The number of amides is 1. The van der Waals surface area contributed by atoms with E-state index in [-0.39, 0.29) is 28.2 Å². The van der Waals surface area contributed by atoms with Crippen LogP contribution in [-0.2, 0) is 14.8 Å². The highest BCUT2D eigenvalue weighted by Gasteiger charge is 2.16. The largest absolute Gasteiger partial charge is 0.482 e. The zero-order chi connectivity index (χ0) is 18.3. The summed E-state index contributed by atoms with van der Waals surface area (Å²) in [5, 5.41) is 2.64. The molecule has 6 nitrogen and oxygen atoms in total. The van der Waals surface area contributed by atoms with Crippen molar-refractivity contribution in [3.63, 3.8) is 0 Å². The summed E-state index contributed by atoms with van der Waals surface area (Å²) in [6, 6.07) is 12.5. The van der Waals surface area contributed by atoms with Gasteiger partial charge in [0.05, 0.1) is 9.92 Å². The SMILES string of the molecule is C=CCNC(=O)COc1ccc(S(=O)(=O)Nc2ccccc2)cc1Cl. The Morgan fingerprint density at radius 3 is 2.56 bits per heavy atom. The van der Waals surface area contributed by atoms with E-state index in [2.05, 4.69) is 16.6 Å². The van der Waals surface area contributed by atoms with Crippen molar-refractivity contribution in [3.8, 4) is 5.75 Å². The number of carbonyl (C=O) groups excluding carboxylic acids is 1. The van der Waals surface area contributed by atoms with Gasteiger partial charge in [-0.2, -0.15) is 0 Å². The Morgan fingerprint density at radius 2 is 1.92 bits per heavy atom. The van der Waals surface area contributed by atoms with Gasteiger partial charge in [-0.3, -0.25) is 9.52 Å². The van der Waals surface area contributed by atoms with Gasteiger partial charge in [0, 0.05) is 12.2 Å². The van der Waals surface area contributed by atoms with E-state index >= 15 is 0 Å². The highest BCUT2D eigenvalue weighted by atomic mass is 35.5. The fourth-order valence-corrected chi connectivity index (χ4v) is 3.25. The molecule has 8 heteroatoms. The van der Waals surface area contributed by atoms with E-state index in [1.165, 1.54) is 18.2 Å². The third-order valence-corrected chi connectivity index (χ3v) is 4.72. The van der Waals surface area contributed by atoms with Crippen molar-refractivity contribution in [2.24, 2.45) is 0 Å². The van der Waals surface area contributed by atoms with Crippen LogP contribution in [0.15, 0.2) is 66.1 Å². The smallest absolute Gasteiger partial charge is 0.261 e. The molecule has 2 rings (SSSR count). The number of anilines is 1. The van der Waals surface area contributed by atoms with Crippen molar-refractivity contribution in [3.05, 3.63) is 66.2 Å². The van der Waals surface area contributed by atoms with Crippen molar-refractivity contribution in [1.29, 1.82) is 0 Å². The van der Waals surface area contributed by atoms with Crippen LogP contribution in [-0.4, -0.2) is 27.5 Å². The average molecular weight is 381 g/mol. The minimum atomic E-state index is -3.78. The van der Waals surface area contributed by atoms with Crippen LogP contribution in [0, 0.1) is 0 Å². The Bertz CT molecular complexity index is 854. The normalized spacial score (nSPS) is 10.8. The summed E-state index contributed by atoms with van der Waals surface area (Å²) in [4.78, 5) is 11.5. The first-order chi connectivity index (χ1) is 11.9. The van der Waals surface area contributed by atoms with E-state index in [4.69, 9.17) is 16.3 Å². The van der Waals surface area contributed by atoms with Crippen LogP contribution in [0.4, 0.5) is 5.69 Å².